The van der Waals surface area contributed by atoms with Crippen molar-refractivity contribution in [3.8, 4) is 0 Å². The van der Waals surface area contributed by atoms with Gasteiger partial charge in [-0.1, -0.05) is 17.3 Å². The standard InChI is InChI=1S/C13H13F2N3O2/c1-3-20-13(19)12-8(2)18(17-16-12)7-9-5-4-6-10(14)11(9)15/h4-6H,3,7H2,1-2H3. The first-order valence-corrected chi connectivity index (χ1v) is 6.04. The summed E-state index contributed by atoms with van der Waals surface area (Å²) in [6, 6.07) is 3.90. The fourth-order valence-electron chi connectivity index (χ4n) is 1.73. The Hall–Kier alpha value is -2.31. The van der Waals surface area contributed by atoms with Crippen LogP contribution in [0.1, 0.15) is 28.7 Å². The highest BCUT2D eigenvalue weighted by molar-refractivity contribution is 5.88. The Kier molecular flexibility index (Phi) is 4.07. The van der Waals surface area contributed by atoms with Gasteiger partial charge in [-0.15, -0.1) is 5.10 Å². The van der Waals surface area contributed by atoms with Gasteiger partial charge in [0.15, 0.2) is 17.3 Å². The molecule has 0 bridgehead atoms. The molecule has 0 atom stereocenters. The largest absolute Gasteiger partial charge is 0.461 e. The number of nitrogens with zero attached hydrogens (tertiary/aromatic N) is 3. The van der Waals surface area contributed by atoms with Gasteiger partial charge in [0.25, 0.3) is 0 Å². The van der Waals surface area contributed by atoms with Crippen molar-refractivity contribution in [1.82, 2.24) is 15.0 Å². The number of aromatic nitrogens is 3. The number of esters is 1. The summed E-state index contributed by atoms with van der Waals surface area (Å²) in [7, 11) is 0. The van der Waals surface area contributed by atoms with Crippen molar-refractivity contribution < 1.29 is 18.3 Å². The van der Waals surface area contributed by atoms with E-state index in [-0.39, 0.29) is 24.4 Å². The molecular formula is C13H13F2N3O2. The molecule has 5 nitrogen and oxygen atoms in total. The van der Waals surface area contributed by atoms with E-state index < -0.39 is 17.6 Å². The first kappa shape index (κ1) is 14.1. The average molecular weight is 281 g/mol. The topological polar surface area (TPSA) is 57.0 Å². The summed E-state index contributed by atoms with van der Waals surface area (Å²) < 4.78 is 32.8. The fraction of sp³-hybridized carbons (Fsp3) is 0.308. The summed E-state index contributed by atoms with van der Waals surface area (Å²) in [5.41, 5.74) is 0.643. The lowest BCUT2D eigenvalue weighted by atomic mass is 10.2. The third-order valence-electron chi connectivity index (χ3n) is 2.80. The third kappa shape index (κ3) is 2.66. The Bertz CT molecular complexity index is 641. The third-order valence-corrected chi connectivity index (χ3v) is 2.80. The number of ether oxygens (including phenoxy) is 1. The molecule has 1 aromatic heterocycles. The Morgan fingerprint density at radius 1 is 1.40 bits per heavy atom. The van der Waals surface area contributed by atoms with Gasteiger partial charge in [-0.2, -0.15) is 0 Å². The molecule has 0 aliphatic carbocycles. The number of hydrogen-bond donors (Lipinski definition) is 0. The summed E-state index contributed by atoms with van der Waals surface area (Å²) in [5, 5.41) is 7.47. The lowest BCUT2D eigenvalue weighted by molar-refractivity contribution is 0.0518. The smallest absolute Gasteiger partial charge is 0.360 e. The number of hydrogen-bond acceptors (Lipinski definition) is 4. The van der Waals surface area contributed by atoms with Crippen LogP contribution in [0.3, 0.4) is 0 Å². The van der Waals surface area contributed by atoms with Crippen LogP contribution in [0.4, 0.5) is 8.78 Å². The second-order valence-electron chi connectivity index (χ2n) is 4.11. The van der Waals surface area contributed by atoms with Gasteiger partial charge in [-0.25, -0.2) is 18.3 Å². The molecule has 1 aromatic carbocycles. The zero-order valence-corrected chi connectivity index (χ0v) is 11.1. The van der Waals surface area contributed by atoms with Crippen LogP contribution in [0.25, 0.3) is 0 Å². The van der Waals surface area contributed by atoms with Crippen LogP contribution in [0, 0.1) is 18.6 Å². The zero-order valence-electron chi connectivity index (χ0n) is 11.1. The average Bonchev–Trinajstić information content (AvgIpc) is 2.77. The van der Waals surface area contributed by atoms with Gasteiger partial charge < -0.3 is 4.74 Å². The molecular weight excluding hydrogens is 268 g/mol. The van der Waals surface area contributed by atoms with E-state index in [0.29, 0.717) is 5.69 Å². The van der Waals surface area contributed by atoms with Crippen LogP contribution in [-0.4, -0.2) is 27.6 Å². The maximum Gasteiger partial charge on any atom is 0.360 e. The van der Waals surface area contributed by atoms with E-state index in [1.165, 1.54) is 16.8 Å². The molecule has 7 heteroatoms. The lowest BCUT2D eigenvalue weighted by Gasteiger charge is -2.05. The van der Waals surface area contributed by atoms with Crippen LogP contribution in [0.15, 0.2) is 18.2 Å². The van der Waals surface area contributed by atoms with Crippen LogP contribution in [0.2, 0.25) is 0 Å². The SMILES string of the molecule is CCOC(=O)c1nnn(Cc2cccc(F)c2F)c1C. The van der Waals surface area contributed by atoms with Crippen molar-refractivity contribution in [2.24, 2.45) is 0 Å². The van der Waals surface area contributed by atoms with E-state index in [9.17, 15) is 13.6 Å². The number of benzene rings is 1. The zero-order chi connectivity index (χ0) is 14.7. The van der Waals surface area contributed by atoms with E-state index in [1.807, 2.05) is 0 Å². The van der Waals surface area contributed by atoms with E-state index in [1.54, 1.807) is 13.8 Å². The van der Waals surface area contributed by atoms with Crippen LogP contribution < -0.4 is 0 Å². The van der Waals surface area contributed by atoms with Crippen molar-refractivity contribution >= 4 is 5.97 Å². The first-order chi connectivity index (χ1) is 9.54. The highest BCUT2D eigenvalue weighted by Crippen LogP contribution is 2.14. The molecule has 0 fully saturated rings. The van der Waals surface area contributed by atoms with Crippen molar-refractivity contribution in [3.05, 3.63) is 46.8 Å². The molecule has 0 spiro atoms. The number of halogens is 2. The van der Waals surface area contributed by atoms with Gasteiger partial charge in [0.05, 0.1) is 18.8 Å². The van der Waals surface area contributed by atoms with Crippen LogP contribution in [-0.2, 0) is 11.3 Å². The number of rotatable bonds is 4. The number of carbonyl (C=O) groups excluding carboxylic acids is 1. The van der Waals surface area contributed by atoms with Gasteiger partial charge in [-0.3, -0.25) is 0 Å². The molecule has 2 rings (SSSR count). The fourth-order valence-corrected chi connectivity index (χ4v) is 1.73. The second kappa shape index (κ2) is 5.77. The summed E-state index contributed by atoms with van der Waals surface area (Å²) >= 11 is 0. The molecule has 0 radical (unpaired) electrons. The maximum atomic E-state index is 13.6. The van der Waals surface area contributed by atoms with Gasteiger partial charge in [-0.05, 0) is 19.9 Å². The molecule has 0 aliphatic rings. The monoisotopic (exact) mass is 281 g/mol. The van der Waals surface area contributed by atoms with Gasteiger partial charge in [0.2, 0.25) is 0 Å². The highest BCUT2D eigenvalue weighted by atomic mass is 19.2. The minimum Gasteiger partial charge on any atom is -0.461 e. The summed E-state index contributed by atoms with van der Waals surface area (Å²) in [5.74, 6) is -2.44. The molecule has 0 N–H and O–H groups in total. The van der Waals surface area contributed by atoms with Gasteiger partial charge in [0.1, 0.15) is 0 Å². The van der Waals surface area contributed by atoms with E-state index in [4.69, 9.17) is 4.74 Å². The summed E-state index contributed by atoms with van der Waals surface area (Å²) in [4.78, 5) is 11.6. The molecule has 106 valence electrons. The van der Waals surface area contributed by atoms with E-state index in [0.717, 1.165) is 6.07 Å². The van der Waals surface area contributed by atoms with Crippen molar-refractivity contribution in [2.75, 3.05) is 6.61 Å². The predicted molar refractivity (Wildman–Crippen MR) is 66.2 cm³/mol. The minimum atomic E-state index is -0.930. The summed E-state index contributed by atoms with van der Waals surface area (Å²) in [6.07, 6.45) is 0. The predicted octanol–water partition coefficient (Wildman–Crippen LogP) is 2.09. The molecule has 0 saturated carbocycles. The highest BCUT2D eigenvalue weighted by Gasteiger charge is 2.18. The van der Waals surface area contributed by atoms with Crippen molar-refractivity contribution in [2.45, 2.75) is 20.4 Å². The molecule has 2 aromatic rings. The van der Waals surface area contributed by atoms with Crippen LogP contribution in [0.5, 0.6) is 0 Å². The Morgan fingerprint density at radius 3 is 2.85 bits per heavy atom. The lowest BCUT2D eigenvalue weighted by Crippen LogP contribution is -2.09. The first-order valence-electron chi connectivity index (χ1n) is 6.04. The molecule has 0 aliphatic heterocycles. The maximum absolute atomic E-state index is 13.6. The van der Waals surface area contributed by atoms with Gasteiger partial charge in [0, 0.05) is 5.56 Å². The van der Waals surface area contributed by atoms with E-state index >= 15 is 0 Å². The summed E-state index contributed by atoms with van der Waals surface area (Å²) in [6.45, 7) is 3.51. The van der Waals surface area contributed by atoms with Crippen LogP contribution >= 0.6 is 0 Å². The molecule has 0 saturated heterocycles. The second-order valence-corrected chi connectivity index (χ2v) is 4.11. The Balaban J connectivity index is 2.27. The van der Waals surface area contributed by atoms with Crippen molar-refractivity contribution in [3.63, 3.8) is 0 Å². The van der Waals surface area contributed by atoms with Gasteiger partial charge >= 0.3 is 5.97 Å². The Labute approximate surface area is 114 Å². The molecule has 0 unspecified atom stereocenters. The molecule has 0 amide bonds. The molecule has 20 heavy (non-hydrogen) atoms. The van der Waals surface area contributed by atoms with E-state index in [2.05, 4.69) is 10.3 Å². The number of carbonyl (C=O) groups is 1. The van der Waals surface area contributed by atoms with Crippen molar-refractivity contribution in [1.29, 1.82) is 0 Å². The minimum absolute atomic E-state index is 0.0121. The Morgan fingerprint density at radius 2 is 2.15 bits per heavy atom. The molecule has 1 heterocycles. The normalized spacial score (nSPS) is 10.6. The quantitative estimate of drug-likeness (QED) is 0.805.